The highest BCUT2D eigenvalue weighted by Gasteiger charge is 2.38. The van der Waals surface area contributed by atoms with Gasteiger partial charge in [-0.2, -0.15) is 0 Å². The lowest BCUT2D eigenvalue weighted by Gasteiger charge is -2.38. The molecule has 3 nitrogen and oxygen atoms in total. The smallest absolute Gasteiger partial charge is 0.304 e. The first-order valence-electron chi connectivity index (χ1n) is 6.59. The molecule has 0 spiro atoms. The summed E-state index contributed by atoms with van der Waals surface area (Å²) in [6.45, 7) is 4.09. The fourth-order valence-corrected chi connectivity index (χ4v) is 2.74. The van der Waals surface area contributed by atoms with E-state index in [9.17, 15) is 9.90 Å². The van der Waals surface area contributed by atoms with Crippen molar-refractivity contribution in [3.8, 4) is 0 Å². The molecule has 18 heavy (non-hydrogen) atoms. The van der Waals surface area contributed by atoms with Crippen LogP contribution in [0.1, 0.15) is 45.1 Å². The largest absolute Gasteiger partial charge is 0.481 e. The van der Waals surface area contributed by atoms with Gasteiger partial charge in [-0.15, -0.1) is 0 Å². The quantitative estimate of drug-likeness (QED) is 0.781. The standard InChI is InChI=1S/C15H23NO2/c1-3-10-15(11-14(17)18,13(16)4-2)12-8-6-5-7-9-12/h5-9,13H,3-4,10-11,16H2,1-2H3,(H,17,18). The lowest BCUT2D eigenvalue weighted by molar-refractivity contribution is -0.138. The third kappa shape index (κ3) is 3.10. The van der Waals surface area contributed by atoms with Gasteiger partial charge in [0.25, 0.3) is 0 Å². The molecule has 2 unspecified atom stereocenters. The van der Waals surface area contributed by atoms with Crippen molar-refractivity contribution < 1.29 is 9.90 Å². The lowest BCUT2D eigenvalue weighted by Crippen LogP contribution is -2.46. The van der Waals surface area contributed by atoms with E-state index in [0.717, 1.165) is 24.8 Å². The second kappa shape index (κ2) is 6.55. The molecule has 1 aromatic rings. The Labute approximate surface area is 109 Å². The molecule has 0 aliphatic heterocycles. The molecule has 100 valence electrons. The van der Waals surface area contributed by atoms with Crippen molar-refractivity contribution >= 4 is 5.97 Å². The van der Waals surface area contributed by atoms with Crippen LogP contribution < -0.4 is 5.73 Å². The molecular formula is C15H23NO2. The molecule has 0 aromatic heterocycles. The summed E-state index contributed by atoms with van der Waals surface area (Å²) >= 11 is 0. The molecule has 0 bridgehead atoms. The van der Waals surface area contributed by atoms with Crippen LogP contribution in [0.5, 0.6) is 0 Å². The average molecular weight is 249 g/mol. The Morgan fingerprint density at radius 2 is 1.94 bits per heavy atom. The first-order chi connectivity index (χ1) is 8.56. The van der Waals surface area contributed by atoms with Crippen molar-refractivity contribution in [3.05, 3.63) is 35.9 Å². The Balaban J connectivity index is 3.23. The van der Waals surface area contributed by atoms with Crippen LogP contribution in [-0.2, 0) is 10.2 Å². The summed E-state index contributed by atoms with van der Waals surface area (Å²) in [5.41, 5.74) is 6.85. The van der Waals surface area contributed by atoms with Gasteiger partial charge in [-0.25, -0.2) is 0 Å². The van der Waals surface area contributed by atoms with Gasteiger partial charge in [0, 0.05) is 11.5 Å². The van der Waals surface area contributed by atoms with Crippen molar-refractivity contribution in [3.63, 3.8) is 0 Å². The van der Waals surface area contributed by atoms with E-state index in [4.69, 9.17) is 5.73 Å². The molecule has 2 atom stereocenters. The molecule has 0 saturated heterocycles. The van der Waals surface area contributed by atoms with E-state index in [1.165, 1.54) is 0 Å². The summed E-state index contributed by atoms with van der Waals surface area (Å²) in [5.74, 6) is -0.781. The van der Waals surface area contributed by atoms with Crippen LogP contribution in [0.3, 0.4) is 0 Å². The predicted octanol–water partition coefficient (Wildman–Crippen LogP) is 2.94. The molecule has 0 aliphatic rings. The molecular weight excluding hydrogens is 226 g/mol. The van der Waals surface area contributed by atoms with E-state index in [2.05, 4.69) is 6.92 Å². The van der Waals surface area contributed by atoms with Gasteiger partial charge in [-0.1, -0.05) is 50.6 Å². The van der Waals surface area contributed by atoms with Crippen LogP contribution in [0.25, 0.3) is 0 Å². The van der Waals surface area contributed by atoms with E-state index in [1.807, 2.05) is 37.3 Å². The number of benzene rings is 1. The zero-order valence-corrected chi connectivity index (χ0v) is 11.2. The molecule has 3 N–H and O–H groups in total. The Kier molecular flexibility index (Phi) is 5.35. The highest BCUT2D eigenvalue weighted by atomic mass is 16.4. The molecule has 1 aromatic carbocycles. The van der Waals surface area contributed by atoms with Crippen LogP contribution in [-0.4, -0.2) is 17.1 Å². The lowest BCUT2D eigenvalue weighted by atomic mass is 9.68. The van der Waals surface area contributed by atoms with Gasteiger partial charge in [0.1, 0.15) is 0 Å². The third-order valence-electron chi connectivity index (χ3n) is 3.66. The van der Waals surface area contributed by atoms with E-state index in [0.29, 0.717) is 0 Å². The second-order valence-corrected chi connectivity index (χ2v) is 4.86. The summed E-state index contributed by atoms with van der Waals surface area (Å²) in [6.07, 6.45) is 2.61. The van der Waals surface area contributed by atoms with Gasteiger partial charge >= 0.3 is 5.97 Å². The van der Waals surface area contributed by atoms with Crippen LogP contribution >= 0.6 is 0 Å². The Morgan fingerprint density at radius 3 is 2.39 bits per heavy atom. The van der Waals surface area contributed by atoms with Crippen molar-refractivity contribution in [1.29, 1.82) is 0 Å². The summed E-state index contributed by atoms with van der Waals surface area (Å²) in [6, 6.07) is 9.70. The van der Waals surface area contributed by atoms with Gasteiger partial charge in [0.05, 0.1) is 6.42 Å². The Bertz CT molecular complexity index is 377. The number of hydrogen-bond donors (Lipinski definition) is 2. The molecule has 0 amide bonds. The zero-order chi connectivity index (χ0) is 13.6. The maximum absolute atomic E-state index is 11.2. The minimum atomic E-state index is -0.781. The first-order valence-corrected chi connectivity index (χ1v) is 6.59. The fourth-order valence-electron chi connectivity index (χ4n) is 2.74. The third-order valence-corrected chi connectivity index (χ3v) is 3.66. The van der Waals surface area contributed by atoms with Gasteiger partial charge in [-0.05, 0) is 18.4 Å². The van der Waals surface area contributed by atoms with E-state index < -0.39 is 11.4 Å². The predicted molar refractivity (Wildman–Crippen MR) is 73.5 cm³/mol. The molecule has 0 aliphatic carbocycles. The summed E-state index contributed by atoms with van der Waals surface area (Å²) in [7, 11) is 0. The van der Waals surface area contributed by atoms with Crippen molar-refractivity contribution in [1.82, 2.24) is 0 Å². The maximum atomic E-state index is 11.2. The maximum Gasteiger partial charge on any atom is 0.304 e. The molecule has 0 saturated carbocycles. The summed E-state index contributed by atoms with van der Waals surface area (Å²) in [4.78, 5) is 11.2. The number of aliphatic carboxylic acids is 1. The monoisotopic (exact) mass is 249 g/mol. The summed E-state index contributed by atoms with van der Waals surface area (Å²) < 4.78 is 0. The van der Waals surface area contributed by atoms with Crippen molar-refractivity contribution in [2.45, 2.75) is 51.0 Å². The molecule has 0 fully saturated rings. The fraction of sp³-hybridized carbons (Fsp3) is 0.533. The van der Waals surface area contributed by atoms with Gasteiger partial charge in [0.2, 0.25) is 0 Å². The van der Waals surface area contributed by atoms with Crippen LogP contribution in [0.4, 0.5) is 0 Å². The highest BCUT2D eigenvalue weighted by molar-refractivity contribution is 5.69. The number of nitrogens with two attached hydrogens (primary N) is 1. The number of carboxylic acids is 1. The van der Waals surface area contributed by atoms with Crippen molar-refractivity contribution in [2.24, 2.45) is 5.73 Å². The zero-order valence-electron chi connectivity index (χ0n) is 11.2. The summed E-state index contributed by atoms with van der Waals surface area (Å²) in [5, 5.41) is 9.23. The van der Waals surface area contributed by atoms with Gasteiger partial charge in [0.15, 0.2) is 0 Å². The topological polar surface area (TPSA) is 63.3 Å². The van der Waals surface area contributed by atoms with E-state index in [-0.39, 0.29) is 12.5 Å². The molecule has 3 heteroatoms. The molecule has 0 heterocycles. The van der Waals surface area contributed by atoms with Crippen LogP contribution in [0.15, 0.2) is 30.3 Å². The number of hydrogen-bond acceptors (Lipinski definition) is 2. The minimum absolute atomic E-state index is 0.0971. The van der Waals surface area contributed by atoms with Crippen molar-refractivity contribution in [2.75, 3.05) is 0 Å². The first kappa shape index (κ1) is 14.7. The van der Waals surface area contributed by atoms with Gasteiger partial charge in [-0.3, -0.25) is 4.79 Å². The van der Waals surface area contributed by atoms with E-state index in [1.54, 1.807) is 0 Å². The Morgan fingerprint density at radius 1 is 1.33 bits per heavy atom. The number of carboxylic acid groups (broad SMARTS) is 1. The average Bonchev–Trinajstić information content (AvgIpc) is 2.37. The second-order valence-electron chi connectivity index (χ2n) is 4.86. The van der Waals surface area contributed by atoms with Crippen LogP contribution in [0.2, 0.25) is 0 Å². The molecule has 0 radical (unpaired) electrons. The van der Waals surface area contributed by atoms with Gasteiger partial charge < -0.3 is 10.8 Å². The minimum Gasteiger partial charge on any atom is -0.481 e. The normalized spacial score (nSPS) is 15.9. The van der Waals surface area contributed by atoms with E-state index >= 15 is 0 Å². The Hall–Kier alpha value is -1.35. The highest BCUT2D eigenvalue weighted by Crippen LogP contribution is 2.37. The molecule has 1 rings (SSSR count). The number of carbonyl (C=O) groups is 1. The SMILES string of the molecule is CCCC(CC(=O)O)(c1ccccc1)C(N)CC. The van der Waals surface area contributed by atoms with Crippen LogP contribution in [0, 0.1) is 0 Å². The number of rotatable bonds is 7.